The number of imidazole rings is 1. The molecule has 3 aromatic rings. The minimum atomic E-state index is -0.0524. The van der Waals surface area contributed by atoms with Gasteiger partial charge in [0.05, 0.1) is 23.5 Å². The van der Waals surface area contributed by atoms with Crippen molar-refractivity contribution in [3.05, 3.63) is 59.4 Å². The Morgan fingerprint density at radius 3 is 2.81 bits per heavy atom. The Bertz CT molecular complexity index is 884. The molecule has 0 unspecified atom stereocenters. The Hall–Kier alpha value is -2.51. The van der Waals surface area contributed by atoms with Gasteiger partial charge in [-0.05, 0) is 24.3 Å². The van der Waals surface area contributed by atoms with Gasteiger partial charge in [0.15, 0.2) is 0 Å². The number of carbonyl (C=O) groups excluding carboxylic acids is 1. The maximum Gasteiger partial charge on any atom is 0.317 e. The minimum Gasteiger partial charge on any atom is -0.467 e. The summed E-state index contributed by atoms with van der Waals surface area (Å²) in [7, 11) is 0. The van der Waals surface area contributed by atoms with E-state index in [1.54, 1.807) is 6.26 Å². The summed E-state index contributed by atoms with van der Waals surface area (Å²) in [6.07, 6.45) is 5.46. The van der Waals surface area contributed by atoms with Gasteiger partial charge in [-0.15, -0.1) is 0 Å². The maximum absolute atomic E-state index is 12.2. The summed E-state index contributed by atoms with van der Waals surface area (Å²) in [5.41, 5.74) is 1.89. The normalized spacial score (nSPS) is 15.5. The smallest absolute Gasteiger partial charge is 0.317 e. The van der Waals surface area contributed by atoms with Gasteiger partial charge in [-0.1, -0.05) is 11.6 Å². The number of nitrogens with one attached hydrogen (secondary N) is 1. The summed E-state index contributed by atoms with van der Waals surface area (Å²) in [6.45, 7) is 4.22. The average Bonchev–Trinajstić information content (AvgIpc) is 3.29. The largest absolute Gasteiger partial charge is 0.467 e. The van der Waals surface area contributed by atoms with Crippen LogP contribution in [0.4, 0.5) is 4.79 Å². The number of carbonyl (C=O) groups is 1. The van der Waals surface area contributed by atoms with E-state index in [1.807, 2.05) is 46.0 Å². The van der Waals surface area contributed by atoms with E-state index in [2.05, 4.69) is 15.2 Å². The van der Waals surface area contributed by atoms with Crippen molar-refractivity contribution in [2.24, 2.45) is 0 Å². The Morgan fingerprint density at radius 2 is 2.04 bits per heavy atom. The SMILES string of the molecule is O=C(NCc1ccco1)N1CCN(Cc2cn3cc(Cl)ccc3n2)CC1. The lowest BCUT2D eigenvalue weighted by molar-refractivity contribution is 0.134. The lowest BCUT2D eigenvalue weighted by atomic mass is 10.3. The van der Waals surface area contributed by atoms with Gasteiger partial charge in [0, 0.05) is 45.1 Å². The highest BCUT2D eigenvalue weighted by atomic mass is 35.5. The number of urea groups is 1. The third kappa shape index (κ3) is 3.84. The predicted molar refractivity (Wildman–Crippen MR) is 98.0 cm³/mol. The molecule has 1 fully saturated rings. The van der Waals surface area contributed by atoms with Crippen LogP contribution in [0.25, 0.3) is 5.65 Å². The summed E-state index contributed by atoms with van der Waals surface area (Å²) in [5, 5.41) is 3.58. The second-order valence-electron chi connectivity index (χ2n) is 6.35. The molecular formula is C18H20ClN5O2. The van der Waals surface area contributed by atoms with Gasteiger partial charge in [-0.25, -0.2) is 9.78 Å². The molecule has 0 bridgehead atoms. The fourth-order valence-electron chi connectivity index (χ4n) is 3.12. The number of amides is 2. The Morgan fingerprint density at radius 1 is 1.19 bits per heavy atom. The summed E-state index contributed by atoms with van der Waals surface area (Å²) >= 11 is 6.02. The standard InChI is InChI=1S/C18H20ClN5O2/c19-14-3-4-17-21-15(13-24(17)11-14)12-22-5-7-23(8-6-22)18(25)20-10-16-2-1-9-26-16/h1-4,9,11,13H,5-8,10,12H2,(H,20,25). The number of furan rings is 1. The molecule has 8 heteroatoms. The molecule has 1 aliphatic rings. The van der Waals surface area contributed by atoms with Gasteiger partial charge >= 0.3 is 6.03 Å². The first-order valence-corrected chi connectivity index (χ1v) is 8.96. The van der Waals surface area contributed by atoms with E-state index in [4.69, 9.17) is 16.0 Å². The van der Waals surface area contributed by atoms with Gasteiger partial charge in [0.1, 0.15) is 11.4 Å². The van der Waals surface area contributed by atoms with Gasteiger partial charge in [-0.2, -0.15) is 0 Å². The van der Waals surface area contributed by atoms with Crippen LogP contribution >= 0.6 is 11.6 Å². The number of piperazine rings is 1. The highest BCUT2D eigenvalue weighted by Gasteiger charge is 2.21. The van der Waals surface area contributed by atoms with Crippen molar-refractivity contribution in [1.29, 1.82) is 0 Å². The first-order chi connectivity index (χ1) is 12.7. The lowest BCUT2D eigenvalue weighted by Gasteiger charge is -2.34. The summed E-state index contributed by atoms with van der Waals surface area (Å²) < 4.78 is 7.17. The zero-order valence-electron chi connectivity index (χ0n) is 14.3. The fraction of sp³-hybridized carbons (Fsp3) is 0.333. The molecule has 7 nitrogen and oxygen atoms in total. The van der Waals surface area contributed by atoms with Crippen LogP contribution in [0.5, 0.6) is 0 Å². The molecule has 0 aromatic carbocycles. The topological polar surface area (TPSA) is 66.0 Å². The molecular weight excluding hydrogens is 354 g/mol. The van der Waals surface area contributed by atoms with Gasteiger partial charge < -0.3 is 19.0 Å². The third-order valence-electron chi connectivity index (χ3n) is 4.50. The highest BCUT2D eigenvalue weighted by molar-refractivity contribution is 6.30. The quantitative estimate of drug-likeness (QED) is 0.763. The number of hydrogen-bond donors (Lipinski definition) is 1. The molecule has 4 rings (SSSR count). The molecule has 2 amide bonds. The van der Waals surface area contributed by atoms with Crippen LogP contribution in [0.2, 0.25) is 5.02 Å². The molecule has 3 aromatic heterocycles. The van der Waals surface area contributed by atoms with Crippen LogP contribution < -0.4 is 5.32 Å². The van der Waals surface area contributed by atoms with E-state index >= 15 is 0 Å². The molecule has 1 aliphatic heterocycles. The number of pyridine rings is 1. The van der Waals surface area contributed by atoms with Crippen LogP contribution in [-0.2, 0) is 13.1 Å². The van der Waals surface area contributed by atoms with E-state index < -0.39 is 0 Å². The highest BCUT2D eigenvalue weighted by Crippen LogP contribution is 2.14. The van der Waals surface area contributed by atoms with Gasteiger partial charge in [-0.3, -0.25) is 4.90 Å². The van der Waals surface area contributed by atoms with Crippen molar-refractivity contribution in [2.45, 2.75) is 13.1 Å². The second-order valence-corrected chi connectivity index (χ2v) is 6.78. The minimum absolute atomic E-state index is 0.0524. The molecule has 4 heterocycles. The van der Waals surface area contributed by atoms with Crippen molar-refractivity contribution in [1.82, 2.24) is 24.5 Å². The molecule has 136 valence electrons. The number of nitrogens with zero attached hydrogens (tertiary/aromatic N) is 4. The fourth-order valence-corrected chi connectivity index (χ4v) is 3.29. The molecule has 0 atom stereocenters. The van der Waals surface area contributed by atoms with Gasteiger partial charge in [0.25, 0.3) is 0 Å². The Balaban J connectivity index is 1.28. The second kappa shape index (κ2) is 7.39. The molecule has 1 N–H and O–H groups in total. The molecule has 26 heavy (non-hydrogen) atoms. The average molecular weight is 374 g/mol. The van der Waals surface area contributed by atoms with Crippen LogP contribution in [0.3, 0.4) is 0 Å². The molecule has 0 radical (unpaired) electrons. The summed E-state index contributed by atoms with van der Waals surface area (Å²) in [6, 6.07) is 7.36. The summed E-state index contributed by atoms with van der Waals surface area (Å²) in [5.74, 6) is 0.754. The maximum atomic E-state index is 12.2. The first-order valence-electron chi connectivity index (χ1n) is 8.58. The number of hydrogen-bond acceptors (Lipinski definition) is 4. The molecule has 0 spiro atoms. The van der Waals surface area contributed by atoms with Crippen molar-refractivity contribution in [2.75, 3.05) is 26.2 Å². The third-order valence-corrected chi connectivity index (χ3v) is 4.73. The Kier molecular flexibility index (Phi) is 4.81. The zero-order valence-corrected chi connectivity index (χ0v) is 15.0. The van der Waals surface area contributed by atoms with Crippen molar-refractivity contribution in [3.63, 3.8) is 0 Å². The van der Waals surface area contributed by atoms with E-state index in [-0.39, 0.29) is 6.03 Å². The van der Waals surface area contributed by atoms with Crippen molar-refractivity contribution >= 4 is 23.3 Å². The van der Waals surface area contributed by atoms with Crippen molar-refractivity contribution < 1.29 is 9.21 Å². The Labute approximate surface area is 156 Å². The van der Waals surface area contributed by atoms with Crippen LogP contribution in [-0.4, -0.2) is 51.4 Å². The number of fused-ring (bicyclic) bond motifs is 1. The van der Waals surface area contributed by atoms with Gasteiger partial charge in [0.2, 0.25) is 0 Å². The molecule has 0 aliphatic carbocycles. The van der Waals surface area contributed by atoms with Crippen LogP contribution in [0.15, 0.2) is 47.3 Å². The lowest BCUT2D eigenvalue weighted by Crippen LogP contribution is -2.51. The van der Waals surface area contributed by atoms with E-state index in [0.717, 1.165) is 36.7 Å². The monoisotopic (exact) mass is 373 g/mol. The first kappa shape index (κ1) is 16.9. The number of aromatic nitrogens is 2. The van der Waals surface area contributed by atoms with Crippen molar-refractivity contribution in [3.8, 4) is 0 Å². The van der Waals surface area contributed by atoms with Crippen LogP contribution in [0, 0.1) is 0 Å². The van der Waals surface area contributed by atoms with E-state index in [0.29, 0.717) is 24.7 Å². The zero-order chi connectivity index (χ0) is 17.9. The predicted octanol–water partition coefficient (Wildman–Crippen LogP) is 2.61. The summed E-state index contributed by atoms with van der Waals surface area (Å²) in [4.78, 5) is 21.0. The van der Waals surface area contributed by atoms with E-state index in [1.165, 1.54) is 0 Å². The number of halogens is 1. The number of rotatable bonds is 4. The molecule has 0 saturated carbocycles. The van der Waals surface area contributed by atoms with Crippen LogP contribution in [0.1, 0.15) is 11.5 Å². The van der Waals surface area contributed by atoms with E-state index in [9.17, 15) is 4.79 Å². The molecule has 1 saturated heterocycles.